The van der Waals surface area contributed by atoms with Crippen molar-refractivity contribution in [3.8, 4) is 0 Å². The maximum atomic E-state index is 9.36. The molecule has 0 unspecified atom stereocenters. The predicted octanol–water partition coefficient (Wildman–Crippen LogP) is -1.61. The first-order chi connectivity index (χ1) is 3.06. The van der Waals surface area contributed by atoms with Crippen LogP contribution >= 0.6 is 7.82 Å². The average Bonchev–Trinajstić information content (AvgIpc) is 1.30. The van der Waals surface area contributed by atoms with Crippen molar-refractivity contribution < 1.29 is 23.9 Å². The van der Waals surface area contributed by atoms with Crippen molar-refractivity contribution in [1.82, 2.24) is 0 Å². The van der Waals surface area contributed by atoms with Gasteiger partial charge in [0, 0.05) is 0 Å². The summed E-state index contributed by atoms with van der Waals surface area (Å²) >= 11 is 0. The van der Waals surface area contributed by atoms with Crippen molar-refractivity contribution in [2.24, 2.45) is 0 Å². The van der Waals surface area contributed by atoms with E-state index < -0.39 is 7.82 Å². The molecule has 0 saturated heterocycles. The summed E-state index contributed by atoms with van der Waals surface area (Å²) in [4.78, 5) is 22.2. The third-order valence-corrected chi connectivity index (χ3v) is 0.497. The fraction of sp³-hybridized carbons (Fsp3) is 1.00. The lowest BCUT2D eigenvalue weighted by Crippen LogP contribution is -2.15. The van der Waals surface area contributed by atoms with Crippen molar-refractivity contribution in [2.45, 2.75) is 0 Å². The lowest BCUT2D eigenvalue weighted by Gasteiger charge is -2.24. The summed E-state index contributed by atoms with van der Waals surface area (Å²) < 4.78 is 12.5. The van der Waals surface area contributed by atoms with Crippen molar-refractivity contribution in [3.63, 3.8) is 0 Å². The van der Waals surface area contributed by atoms with Gasteiger partial charge in [-0.05, 0) is 0 Å². The summed E-state index contributed by atoms with van der Waals surface area (Å²) in [7, 11) is -3.95. The van der Waals surface area contributed by atoms with E-state index in [1.54, 1.807) is 0 Å². The van der Waals surface area contributed by atoms with Gasteiger partial charge < -0.3 is 14.4 Å². The Labute approximate surface area is 40.0 Å². The summed E-state index contributed by atoms with van der Waals surface area (Å²) in [6, 6.07) is 0. The zero-order valence-corrected chi connectivity index (χ0v) is 4.38. The maximum Gasteiger partial charge on any atom is 0.100 e. The van der Waals surface area contributed by atoms with Crippen LogP contribution in [0.15, 0.2) is 0 Å². The van der Waals surface area contributed by atoms with Crippen LogP contribution in [0.3, 0.4) is 0 Å². The Balaban J connectivity index is 3.36. The largest absolute Gasteiger partial charge is 0.788 e. The van der Waals surface area contributed by atoms with Gasteiger partial charge >= 0.3 is 0 Å². The number of hydrogen-bond acceptors (Lipinski definition) is 5. The molecule has 0 heterocycles. The molecule has 44 valence electrons. The quantitative estimate of drug-likeness (QED) is 0.252. The minimum absolute atomic E-state index is 0.933. The molecular weight excluding hydrogens is 123 g/mol. The molecule has 0 saturated carbocycles. The summed E-state index contributed by atoms with van der Waals surface area (Å²) in [5, 5.41) is 0. The molecule has 0 aromatic rings. The van der Waals surface area contributed by atoms with Crippen LogP contribution in [0.2, 0.25) is 0 Å². The first-order valence-corrected chi connectivity index (χ1v) is 2.77. The molecule has 0 bridgehead atoms. The van der Waals surface area contributed by atoms with Crippen LogP contribution in [0.4, 0.5) is 0 Å². The van der Waals surface area contributed by atoms with Crippen molar-refractivity contribution >= 4 is 7.82 Å². The molecule has 7 heavy (non-hydrogen) atoms. The van der Waals surface area contributed by atoms with Gasteiger partial charge in [0.05, 0.1) is 7.11 Å². The zero-order valence-electron chi connectivity index (χ0n) is 3.49. The highest BCUT2D eigenvalue weighted by Gasteiger charge is 1.83. The Kier molecular flexibility index (Phi) is 2.42. The molecule has 0 aliphatic heterocycles. The molecule has 0 aliphatic carbocycles. The van der Waals surface area contributed by atoms with Gasteiger partial charge in [0.1, 0.15) is 7.82 Å². The van der Waals surface area contributed by atoms with Gasteiger partial charge in [-0.2, -0.15) is 0 Å². The van der Waals surface area contributed by atoms with Crippen LogP contribution in [-0.2, 0) is 14.1 Å². The van der Waals surface area contributed by atoms with Gasteiger partial charge in [-0.25, -0.2) is 9.56 Å². The molecule has 0 aliphatic rings. The lowest BCUT2D eigenvalue weighted by atomic mass is 11.8. The molecule has 0 fully saturated rings. The van der Waals surface area contributed by atoms with Crippen LogP contribution in [0.25, 0.3) is 0 Å². The van der Waals surface area contributed by atoms with Crippen LogP contribution in [0.5, 0.6) is 0 Å². The maximum absolute atomic E-state index is 9.36. The van der Waals surface area contributed by atoms with Gasteiger partial charge in [0.2, 0.25) is 0 Å². The second-order valence-corrected chi connectivity index (χ2v) is 1.73. The highest BCUT2D eigenvalue weighted by Crippen LogP contribution is 2.23. The highest BCUT2D eigenvalue weighted by molar-refractivity contribution is 7.43. The number of phosphoric acid groups is 1. The Morgan fingerprint density at radius 3 is 2.00 bits per heavy atom. The van der Waals surface area contributed by atoms with Gasteiger partial charge in [-0.3, -0.25) is 0 Å². The van der Waals surface area contributed by atoms with Crippen LogP contribution in [0.1, 0.15) is 0 Å². The van der Waals surface area contributed by atoms with Crippen molar-refractivity contribution in [2.75, 3.05) is 7.11 Å². The van der Waals surface area contributed by atoms with Crippen LogP contribution in [0, 0.1) is 0 Å². The smallest absolute Gasteiger partial charge is 0.100 e. The van der Waals surface area contributed by atoms with E-state index in [9.17, 15) is 14.4 Å². The minimum atomic E-state index is -4.89. The SMILES string of the molecule is COOP(=O)([O-])[O-]. The highest BCUT2D eigenvalue weighted by atomic mass is 31.2. The fourth-order valence-electron chi connectivity index (χ4n) is 0.0913. The molecule has 0 amide bonds. The molecule has 6 heteroatoms. The molecule has 0 rings (SSSR count). The van der Waals surface area contributed by atoms with E-state index in [-0.39, 0.29) is 0 Å². The lowest BCUT2D eigenvalue weighted by molar-refractivity contribution is -0.384. The number of rotatable bonds is 2. The second kappa shape index (κ2) is 2.40. The second-order valence-electron chi connectivity index (χ2n) is 0.688. The van der Waals surface area contributed by atoms with E-state index in [0.29, 0.717) is 0 Å². The van der Waals surface area contributed by atoms with Crippen molar-refractivity contribution in [1.29, 1.82) is 0 Å². The van der Waals surface area contributed by atoms with Gasteiger partial charge in [0.15, 0.2) is 0 Å². The van der Waals surface area contributed by atoms with E-state index in [2.05, 4.69) is 9.56 Å². The molecule has 0 radical (unpaired) electrons. The van der Waals surface area contributed by atoms with E-state index in [1.807, 2.05) is 0 Å². The Hall–Kier alpha value is 0.0700. The normalized spacial score (nSPS) is 11.9. The van der Waals surface area contributed by atoms with E-state index >= 15 is 0 Å². The molecule has 0 aromatic heterocycles. The Morgan fingerprint density at radius 2 is 2.00 bits per heavy atom. The van der Waals surface area contributed by atoms with Crippen LogP contribution in [-0.4, -0.2) is 7.11 Å². The monoisotopic (exact) mass is 126 g/mol. The zero-order chi connectivity index (χ0) is 5.91. The number of hydrogen-bond donors (Lipinski definition) is 0. The van der Waals surface area contributed by atoms with Gasteiger partial charge in [-0.1, -0.05) is 0 Å². The first kappa shape index (κ1) is 7.07. The van der Waals surface area contributed by atoms with Crippen molar-refractivity contribution in [3.05, 3.63) is 0 Å². The fourth-order valence-corrected chi connectivity index (χ4v) is 0.274. The molecule has 0 aromatic carbocycles. The van der Waals surface area contributed by atoms with Gasteiger partial charge in [0.25, 0.3) is 0 Å². The third kappa shape index (κ3) is 6.07. The Morgan fingerprint density at radius 1 is 1.57 bits per heavy atom. The van der Waals surface area contributed by atoms with E-state index in [0.717, 1.165) is 7.11 Å². The summed E-state index contributed by atoms with van der Waals surface area (Å²) in [5.74, 6) is 0. The molecule has 0 spiro atoms. The minimum Gasteiger partial charge on any atom is -0.788 e. The van der Waals surface area contributed by atoms with E-state index in [1.165, 1.54) is 0 Å². The Bertz CT molecular complexity index is 82.1. The topological polar surface area (TPSA) is 81.7 Å². The summed E-state index contributed by atoms with van der Waals surface area (Å²) in [5.41, 5.74) is 0. The molecule has 5 nitrogen and oxygen atoms in total. The average molecular weight is 126 g/mol. The molecular formula is CH3O5P-2. The first-order valence-electron chi connectivity index (χ1n) is 1.31. The van der Waals surface area contributed by atoms with Crippen LogP contribution < -0.4 is 9.79 Å². The van der Waals surface area contributed by atoms with E-state index in [4.69, 9.17) is 0 Å². The van der Waals surface area contributed by atoms with Gasteiger partial charge in [-0.15, -0.1) is 0 Å². The summed E-state index contributed by atoms with van der Waals surface area (Å²) in [6.07, 6.45) is 0. The standard InChI is InChI=1S/CH5O5P/c1-5-6-7(2,3)4/h1H3,(H2,2,3,4)/p-2. The summed E-state index contributed by atoms with van der Waals surface area (Å²) in [6.45, 7) is 0. The molecule has 0 N–H and O–H groups in total. The third-order valence-electron chi connectivity index (χ3n) is 0.166. The molecule has 0 atom stereocenters. The predicted molar refractivity (Wildman–Crippen MR) is 15.7 cm³/mol.